The lowest BCUT2D eigenvalue weighted by molar-refractivity contribution is 0.0857. The number of nitrogens with zero attached hydrogens (tertiary/aromatic N) is 4. The fourth-order valence-corrected chi connectivity index (χ4v) is 4.27. The van der Waals surface area contributed by atoms with E-state index >= 15 is 0 Å². The summed E-state index contributed by atoms with van der Waals surface area (Å²) in [5.41, 5.74) is 3.81. The van der Waals surface area contributed by atoms with E-state index < -0.39 is 0 Å². The summed E-state index contributed by atoms with van der Waals surface area (Å²) in [7, 11) is 0. The van der Waals surface area contributed by atoms with E-state index in [1.165, 1.54) is 12.1 Å². The first-order chi connectivity index (χ1) is 16.6. The lowest BCUT2D eigenvalue weighted by Crippen LogP contribution is -2.24. The number of halogens is 1. The van der Waals surface area contributed by atoms with Gasteiger partial charge in [0.05, 0.1) is 22.3 Å². The van der Waals surface area contributed by atoms with Crippen LogP contribution in [0.1, 0.15) is 55.7 Å². The van der Waals surface area contributed by atoms with E-state index in [4.69, 9.17) is 9.82 Å². The van der Waals surface area contributed by atoms with Crippen LogP contribution >= 0.6 is 0 Å². The van der Waals surface area contributed by atoms with Gasteiger partial charge in [-0.25, -0.2) is 9.37 Å². The Bertz CT molecular complexity index is 1400. The number of aromatic nitrogens is 3. The van der Waals surface area contributed by atoms with Crippen LogP contribution in [0.3, 0.4) is 0 Å². The van der Waals surface area contributed by atoms with E-state index in [-0.39, 0.29) is 17.5 Å². The number of hydrogen-bond acceptors (Lipinski definition) is 5. The maximum Gasteiger partial charge on any atom is 0.265 e. The summed E-state index contributed by atoms with van der Waals surface area (Å²) in [6.45, 7) is 2.14. The summed E-state index contributed by atoms with van der Waals surface area (Å²) in [6.07, 6.45) is 7.65. The van der Waals surface area contributed by atoms with E-state index in [9.17, 15) is 9.18 Å². The van der Waals surface area contributed by atoms with Crippen molar-refractivity contribution in [2.24, 2.45) is 5.16 Å². The van der Waals surface area contributed by atoms with Crippen LogP contribution in [0.2, 0.25) is 0 Å². The Kier molecular flexibility index (Phi) is 6.16. The van der Waals surface area contributed by atoms with Crippen LogP contribution in [0.4, 0.5) is 4.39 Å². The fraction of sp³-hybridized carbons (Fsp3) is 0.259. The first-order valence-corrected chi connectivity index (χ1v) is 11.6. The molecule has 5 rings (SSSR count). The van der Waals surface area contributed by atoms with Gasteiger partial charge in [-0.3, -0.25) is 14.3 Å². The third-order valence-electron chi connectivity index (χ3n) is 6.11. The number of hydrogen-bond donors (Lipinski definition) is 0. The molecule has 172 valence electrons. The average molecular weight is 457 g/mol. The second-order valence-electron chi connectivity index (χ2n) is 8.45. The number of rotatable bonds is 7. The van der Waals surface area contributed by atoms with Crippen molar-refractivity contribution in [1.29, 1.82) is 0 Å². The SMILES string of the molecule is CCCCCc1nc2cc(C3=NOC(c4ccncc4)C3)ccc2c(=O)n1-c1ccc(F)cc1. The Morgan fingerprint density at radius 1 is 1.06 bits per heavy atom. The molecule has 0 saturated carbocycles. The molecule has 4 aromatic rings. The molecular weight excluding hydrogens is 431 g/mol. The van der Waals surface area contributed by atoms with Gasteiger partial charge in [-0.1, -0.05) is 31.0 Å². The maximum atomic E-state index is 13.5. The van der Waals surface area contributed by atoms with Gasteiger partial charge in [-0.15, -0.1) is 0 Å². The van der Waals surface area contributed by atoms with Crippen molar-refractivity contribution in [1.82, 2.24) is 14.5 Å². The lowest BCUT2D eigenvalue weighted by atomic mass is 10.00. The molecule has 1 aliphatic heterocycles. The molecule has 0 fully saturated rings. The highest BCUT2D eigenvalue weighted by atomic mass is 19.1. The van der Waals surface area contributed by atoms with Crippen molar-refractivity contribution in [3.8, 4) is 5.69 Å². The van der Waals surface area contributed by atoms with Crippen LogP contribution in [0.15, 0.2) is 76.9 Å². The third kappa shape index (κ3) is 4.33. The standard InChI is InChI=1S/C27H25FN4O2/c1-2-3-4-5-26-30-24-16-19(23-17-25(34-31-23)18-12-14-29-15-13-18)6-11-22(24)27(33)32(26)21-9-7-20(28)8-10-21/h6-16,25H,2-5,17H2,1H3. The van der Waals surface area contributed by atoms with E-state index in [0.29, 0.717) is 35.3 Å². The number of unbranched alkanes of at least 4 members (excludes halogenated alkanes) is 2. The van der Waals surface area contributed by atoms with Gasteiger partial charge in [0.2, 0.25) is 0 Å². The number of oxime groups is 1. The molecule has 34 heavy (non-hydrogen) atoms. The molecule has 0 bridgehead atoms. The second kappa shape index (κ2) is 9.55. The molecule has 7 heteroatoms. The number of aryl methyl sites for hydroxylation is 1. The van der Waals surface area contributed by atoms with Crippen LogP contribution < -0.4 is 5.56 Å². The van der Waals surface area contributed by atoms with Gasteiger partial charge in [0.1, 0.15) is 11.6 Å². The Hall–Kier alpha value is -3.87. The van der Waals surface area contributed by atoms with Crippen molar-refractivity contribution in [3.63, 3.8) is 0 Å². The first kappa shape index (κ1) is 21.9. The van der Waals surface area contributed by atoms with E-state index in [1.807, 2.05) is 24.3 Å². The van der Waals surface area contributed by atoms with E-state index in [0.717, 1.165) is 36.1 Å². The smallest absolute Gasteiger partial charge is 0.265 e. The van der Waals surface area contributed by atoms with Crippen LogP contribution in [0.25, 0.3) is 16.6 Å². The maximum absolute atomic E-state index is 13.5. The van der Waals surface area contributed by atoms with E-state index in [1.54, 1.807) is 35.2 Å². The van der Waals surface area contributed by atoms with Crippen LogP contribution in [-0.4, -0.2) is 20.2 Å². The van der Waals surface area contributed by atoms with Gasteiger partial charge < -0.3 is 4.84 Å². The summed E-state index contributed by atoms with van der Waals surface area (Å²) in [4.78, 5) is 28.1. The largest absolute Gasteiger partial charge is 0.387 e. The van der Waals surface area contributed by atoms with Crippen molar-refractivity contribution >= 4 is 16.6 Å². The topological polar surface area (TPSA) is 69.4 Å². The highest BCUT2D eigenvalue weighted by Gasteiger charge is 2.24. The zero-order valence-electron chi connectivity index (χ0n) is 18.9. The first-order valence-electron chi connectivity index (χ1n) is 11.6. The minimum atomic E-state index is -0.340. The Morgan fingerprint density at radius 2 is 1.85 bits per heavy atom. The second-order valence-corrected chi connectivity index (χ2v) is 8.45. The van der Waals surface area contributed by atoms with Crippen molar-refractivity contribution in [2.75, 3.05) is 0 Å². The molecule has 0 radical (unpaired) electrons. The summed E-state index contributed by atoms with van der Waals surface area (Å²) in [5, 5.41) is 4.81. The molecule has 2 aromatic heterocycles. The third-order valence-corrected chi connectivity index (χ3v) is 6.11. The highest BCUT2D eigenvalue weighted by Crippen LogP contribution is 2.29. The monoisotopic (exact) mass is 456 g/mol. The molecule has 0 saturated heterocycles. The molecule has 2 aromatic carbocycles. The zero-order chi connectivity index (χ0) is 23.5. The molecular formula is C27H25FN4O2. The van der Waals surface area contributed by atoms with Gasteiger partial charge in [-0.2, -0.15) is 0 Å². The lowest BCUT2D eigenvalue weighted by Gasteiger charge is -2.14. The molecule has 6 nitrogen and oxygen atoms in total. The van der Waals surface area contributed by atoms with Crippen LogP contribution in [-0.2, 0) is 11.3 Å². The molecule has 0 N–H and O–H groups in total. The predicted molar refractivity (Wildman–Crippen MR) is 130 cm³/mol. The Labute approximate surface area is 196 Å². The molecule has 0 spiro atoms. The van der Waals surface area contributed by atoms with Crippen molar-refractivity contribution in [2.45, 2.75) is 45.1 Å². The minimum Gasteiger partial charge on any atom is -0.387 e. The van der Waals surface area contributed by atoms with Crippen LogP contribution in [0.5, 0.6) is 0 Å². The average Bonchev–Trinajstić information content (AvgIpc) is 3.36. The summed E-state index contributed by atoms with van der Waals surface area (Å²) >= 11 is 0. The van der Waals surface area contributed by atoms with Gasteiger partial charge in [0.25, 0.3) is 5.56 Å². The van der Waals surface area contributed by atoms with Gasteiger partial charge >= 0.3 is 0 Å². The molecule has 1 unspecified atom stereocenters. The summed E-state index contributed by atoms with van der Waals surface area (Å²) < 4.78 is 15.1. The van der Waals surface area contributed by atoms with Crippen molar-refractivity contribution in [3.05, 3.63) is 100 Å². The predicted octanol–water partition coefficient (Wildman–Crippen LogP) is 5.52. The van der Waals surface area contributed by atoms with Gasteiger partial charge in [-0.05, 0) is 60.5 Å². The number of benzene rings is 2. The van der Waals surface area contributed by atoms with Crippen molar-refractivity contribution < 1.29 is 9.23 Å². The molecule has 1 aliphatic rings. The molecule has 3 heterocycles. The quantitative estimate of drug-likeness (QED) is 0.344. The fourth-order valence-electron chi connectivity index (χ4n) is 4.27. The normalized spacial score (nSPS) is 15.4. The summed E-state index contributed by atoms with van der Waals surface area (Å²) in [6, 6.07) is 15.4. The molecule has 0 amide bonds. The minimum absolute atomic E-state index is 0.155. The zero-order valence-corrected chi connectivity index (χ0v) is 18.9. The molecule has 1 atom stereocenters. The Morgan fingerprint density at radius 3 is 2.62 bits per heavy atom. The number of pyridine rings is 1. The Balaban J connectivity index is 1.53. The van der Waals surface area contributed by atoms with Crippen LogP contribution in [0, 0.1) is 5.82 Å². The van der Waals surface area contributed by atoms with Gasteiger partial charge in [0, 0.05) is 30.8 Å². The molecule has 0 aliphatic carbocycles. The highest BCUT2D eigenvalue weighted by molar-refractivity contribution is 6.03. The summed E-state index contributed by atoms with van der Waals surface area (Å²) in [5.74, 6) is 0.335. The van der Waals surface area contributed by atoms with Gasteiger partial charge in [0.15, 0.2) is 6.10 Å². The van der Waals surface area contributed by atoms with E-state index in [2.05, 4.69) is 17.1 Å². The number of fused-ring (bicyclic) bond motifs is 1.